The Bertz CT molecular complexity index is 1300. The van der Waals surface area contributed by atoms with E-state index in [4.69, 9.17) is 9.73 Å². The van der Waals surface area contributed by atoms with E-state index >= 15 is 0 Å². The molecule has 2 aliphatic heterocycles. The van der Waals surface area contributed by atoms with Crippen LogP contribution in [0.15, 0.2) is 77.8 Å². The molecule has 3 aromatic carbocycles. The first-order valence-corrected chi connectivity index (χ1v) is 13.7. The summed E-state index contributed by atoms with van der Waals surface area (Å²) in [6.45, 7) is 5.72. The minimum atomic E-state index is -0.578. The van der Waals surface area contributed by atoms with Crippen molar-refractivity contribution in [2.75, 3.05) is 25.0 Å². The Morgan fingerprint density at radius 3 is 2.47 bits per heavy atom. The lowest BCUT2D eigenvalue weighted by atomic mass is 9.90. The van der Waals surface area contributed by atoms with E-state index in [0.29, 0.717) is 23.6 Å². The van der Waals surface area contributed by atoms with E-state index in [1.165, 1.54) is 24.8 Å². The number of fused-ring (bicyclic) bond motifs is 1. The van der Waals surface area contributed by atoms with Crippen LogP contribution in [0.5, 0.6) is 0 Å². The predicted octanol–water partition coefficient (Wildman–Crippen LogP) is 6.49. The molecule has 2 heterocycles. The van der Waals surface area contributed by atoms with Gasteiger partial charge in [0, 0.05) is 12.2 Å². The van der Waals surface area contributed by atoms with Gasteiger partial charge in [-0.25, -0.2) is 4.79 Å². The van der Waals surface area contributed by atoms with Crippen LogP contribution in [-0.4, -0.2) is 42.2 Å². The number of anilines is 1. The molecule has 0 saturated carbocycles. The third-order valence-electron chi connectivity index (χ3n) is 7.23. The molecular weight excluding hydrogens is 474 g/mol. The van der Waals surface area contributed by atoms with Crippen LogP contribution in [0.2, 0.25) is 0 Å². The summed E-state index contributed by atoms with van der Waals surface area (Å²) in [6.07, 6.45) is 5.66. The Morgan fingerprint density at radius 2 is 1.74 bits per heavy atom. The molecule has 38 heavy (non-hydrogen) atoms. The Labute approximate surface area is 224 Å². The van der Waals surface area contributed by atoms with Gasteiger partial charge in [0.15, 0.2) is 0 Å². The van der Waals surface area contributed by atoms with Crippen molar-refractivity contribution in [3.05, 3.63) is 95.1 Å². The van der Waals surface area contributed by atoms with Crippen LogP contribution in [0.1, 0.15) is 72.0 Å². The quantitative estimate of drug-likeness (QED) is 0.203. The fourth-order valence-corrected chi connectivity index (χ4v) is 5.15. The first-order valence-electron chi connectivity index (χ1n) is 13.7. The third kappa shape index (κ3) is 6.03. The minimum absolute atomic E-state index is 0.152. The lowest BCUT2D eigenvalue weighted by Crippen LogP contribution is -2.28. The molecule has 0 bridgehead atoms. The molecule has 1 saturated heterocycles. The molecular formula is C32H35N3O3. The molecule has 2 aliphatic rings. The molecule has 0 aliphatic carbocycles. The lowest BCUT2D eigenvalue weighted by Gasteiger charge is -2.26. The van der Waals surface area contributed by atoms with Gasteiger partial charge in [0.1, 0.15) is 5.92 Å². The van der Waals surface area contributed by atoms with Crippen LogP contribution in [-0.2, 0) is 16.1 Å². The molecule has 1 fully saturated rings. The first-order chi connectivity index (χ1) is 18.6. The van der Waals surface area contributed by atoms with Crippen LogP contribution in [0, 0.1) is 0 Å². The predicted molar refractivity (Wildman–Crippen MR) is 151 cm³/mol. The number of hydrogen-bond acceptors (Lipinski definition) is 5. The molecule has 1 N–H and O–H groups in total. The van der Waals surface area contributed by atoms with E-state index in [0.717, 1.165) is 49.3 Å². The topological polar surface area (TPSA) is 71.0 Å². The van der Waals surface area contributed by atoms with Crippen LogP contribution >= 0.6 is 0 Å². The molecule has 1 amide bonds. The lowest BCUT2D eigenvalue weighted by molar-refractivity contribution is -0.115. The average molecular weight is 510 g/mol. The molecule has 1 unspecified atom stereocenters. The number of rotatable bonds is 9. The number of benzene rings is 3. The van der Waals surface area contributed by atoms with Crippen molar-refractivity contribution in [1.82, 2.24) is 4.90 Å². The van der Waals surface area contributed by atoms with Gasteiger partial charge in [0.25, 0.3) is 0 Å². The van der Waals surface area contributed by atoms with Gasteiger partial charge in [0.05, 0.1) is 23.6 Å². The highest BCUT2D eigenvalue weighted by atomic mass is 16.5. The number of ether oxygens (including phenoxy) is 1. The zero-order valence-corrected chi connectivity index (χ0v) is 22.0. The van der Waals surface area contributed by atoms with Crippen LogP contribution < -0.4 is 5.32 Å². The third-order valence-corrected chi connectivity index (χ3v) is 7.23. The van der Waals surface area contributed by atoms with Crippen LogP contribution in [0.3, 0.4) is 0 Å². The number of likely N-dealkylation sites (tertiary alicyclic amines) is 1. The van der Waals surface area contributed by atoms with Crippen molar-refractivity contribution in [2.45, 2.75) is 51.5 Å². The fourth-order valence-electron chi connectivity index (χ4n) is 5.15. The summed E-state index contributed by atoms with van der Waals surface area (Å²) in [6, 6.07) is 23.4. The molecule has 5 rings (SSSR count). The molecule has 3 aromatic rings. The number of carbonyl (C=O) groups excluding carboxylic acids is 2. The highest BCUT2D eigenvalue weighted by Gasteiger charge is 2.36. The molecule has 6 nitrogen and oxygen atoms in total. The summed E-state index contributed by atoms with van der Waals surface area (Å²) in [7, 11) is 0. The Morgan fingerprint density at radius 1 is 0.974 bits per heavy atom. The number of esters is 1. The number of nitrogens with zero attached hydrogens (tertiary/aromatic N) is 2. The summed E-state index contributed by atoms with van der Waals surface area (Å²) >= 11 is 0. The number of amides is 1. The van der Waals surface area contributed by atoms with E-state index in [1.54, 1.807) is 12.1 Å². The standard InChI is InChI=1S/C32H35N3O3/c1-2-3-20-38-32(37)25-14-17-27-28(21-25)34-31(36)29(27)30(24-10-6-4-7-11-24)33-26-15-12-23(13-16-26)22-35-18-8-5-9-19-35/h4,6-7,10-17,21,29H,2-3,5,8-9,18-20,22H2,1H3,(H,34,36). The second kappa shape index (κ2) is 12.2. The number of nitrogens with one attached hydrogen (secondary N) is 1. The highest BCUT2D eigenvalue weighted by Crippen LogP contribution is 2.37. The van der Waals surface area contributed by atoms with E-state index in [1.807, 2.05) is 48.5 Å². The maximum atomic E-state index is 13.3. The summed E-state index contributed by atoms with van der Waals surface area (Å²) in [5.74, 6) is -1.10. The van der Waals surface area contributed by atoms with E-state index in [-0.39, 0.29) is 11.9 Å². The average Bonchev–Trinajstić information content (AvgIpc) is 3.28. The van der Waals surface area contributed by atoms with E-state index in [2.05, 4.69) is 29.3 Å². The Kier molecular flexibility index (Phi) is 8.29. The van der Waals surface area contributed by atoms with Gasteiger partial charge in [-0.15, -0.1) is 0 Å². The van der Waals surface area contributed by atoms with Crippen molar-refractivity contribution in [3.8, 4) is 0 Å². The molecule has 0 radical (unpaired) electrons. The Hall–Kier alpha value is -3.77. The second-order valence-electron chi connectivity index (χ2n) is 10.1. The molecule has 196 valence electrons. The summed E-state index contributed by atoms with van der Waals surface area (Å²) in [5.41, 5.74) is 5.53. The maximum absolute atomic E-state index is 13.3. The largest absolute Gasteiger partial charge is 0.462 e. The number of unbranched alkanes of at least 4 members (excludes halogenated alkanes) is 1. The van der Waals surface area contributed by atoms with Crippen molar-refractivity contribution in [2.24, 2.45) is 4.99 Å². The summed E-state index contributed by atoms with van der Waals surface area (Å²) in [5, 5.41) is 2.97. The van der Waals surface area contributed by atoms with Gasteiger partial charge in [-0.05, 0) is 73.3 Å². The fraction of sp³-hybridized carbons (Fsp3) is 0.344. The second-order valence-corrected chi connectivity index (χ2v) is 10.1. The van der Waals surface area contributed by atoms with Crippen molar-refractivity contribution < 1.29 is 14.3 Å². The molecule has 0 aromatic heterocycles. The first kappa shape index (κ1) is 25.9. The maximum Gasteiger partial charge on any atom is 0.338 e. The van der Waals surface area contributed by atoms with Crippen LogP contribution in [0.25, 0.3) is 0 Å². The SMILES string of the molecule is CCCCOC(=O)c1ccc2c(c1)NC(=O)C2C(=Nc1ccc(CN2CCCCC2)cc1)c1ccccc1. The number of aliphatic imine (C=N–C) groups is 1. The monoisotopic (exact) mass is 509 g/mol. The summed E-state index contributed by atoms with van der Waals surface area (Å²) in [4.78, 5) is 33.3. The highest BCUT2D eigenvalue weighted by molar-refractivity contribution is 6.24. The van der Waals surface area contributed by atoms with E-state index in [9.17, 15) is 9.59 Å². The number of piperidine rings is 1. The van der Waals surface area contributed by atoms with Gasteiger partial charge in [-0.3, -0.25) is 14.7 Å². The van der Waals surface area contributed by atoms with Crippen LogP contribution in [0.4, 0.5) is 11.4 Å². The Balaban J connectivity index is 1.42. The molecule has 6 heteroatoms. The minimum Gasteiger partial charge on any atom is -0.462 e. The zero-order chi connectivity index (χ0) is 26.3. The molecule has 1 atom stereocenters. The zero-order valence-electron chi connectivity index (χ0n) is 22.0. The van der Waals surface area contributed by atoms with Gasteiger partial charge in [-0.1, -0.05) is 68.3 Å². The van der Waals surface area contributed by atoms with E-state index < -0.39 is 5.92 Å². The number of carbonyl (C=O) groups is 2. The molecule has 0 spiro atoms. The summed E-state index contributed by atoms with van der Waals surface area (Å²) < 4.78 is 5.36. The van der Waals surface area contributed by atoms with Gasteiger partial charge in [-0.2, -0.15) is 0 Å². The normalized spacial score (nSPS) is 17.7. The van der Waals surface area contributed by atoms with Crippen molar-refractivity contribution >= 4 is 29.0 Å². The smallest absolute Gasteiger partial charge is 0.338 e. The van der Waals surface area contributed by atoms with Gasteiger partial charge in [0.2, 0.25) is 5.91 Å². The van der Waals surface area contributed by atoms with Crippen molar-refractivity contribution in [3.63, 3.8) is 0 Å². The van der Waals surface area contributed by atoms with Crippen molar-refractivity contribution in [1.29, 1.82) is 0 Å². The van der Waals surface area contributed by atoms with Gasteiger partial charge < -0.3 is 10.1 Å². The van der Waals surface area contributed by atoms with Gasteiger partial charge >= 0.3 is 5.97 Å². The number of hydrogen-bond donors (Lipinski definition) is 1.